The van der Waals surface area contributed by atoms with Gasteiger partial charge in [0.2, 0.25) is 5.95 Å². The van der Waals surface area contributed by atoms with E-state index >= 15 is 0 Å². The van der Waals surface area contributed by atoms with Crippen LogP contribution in [0.15, 0.2) is 40.2 Å². The first-order chi connectivity index (χ1) is 15.1. The Hall–Kier alpha value is -2.09. The Bertz CT molecular complexity index is 1170. The van der Waals surface area contributed by atoms with Gasteiger partial charge in [-0.05, 0) is 74.4 Å². The zero-order valence-electron chi connectivity index (χ0n) is 17.5. The van der Waals surface area contributed by atoms with Crippen molar-refractivity contribution in [2.75, 3.05) is 5.32 Å². The molecule has 1 aromatic carbocycles. The van der Waals surface area contributed by atoms with Crippen LogP contribution in [0, 0.1) is 6.92 Å². The first-order valence-corrected chi connectivity index (χ1v) is 12.2. The maximum absolute atomic E-state index is 12.8. The molecule has 0 spiro atoms. The van der Waals surface area contributed by atoms with Crippen molar-refractivity contribution in [2.45, 2.75) is 68.8 Å². The Morgan fingerprint density at radius 2 is 1.94 bits per heavy atom. The van der Waals surface area contributed by atoms with Crippen LogP contribution < -0.4 is 15.6 Å². The Morgan fingerprint density at radius 3 is 2.65 bits per heavy atom. The van der Waals surface area contributed by atoms with E-state index < -0.39 is 0 Å². The zero-order chi connectivity index (χ0) is 21.4. The summed E-state index contributed by atoms with van der Waals surface area (Å²) < 4.78 is 5.30. The van der Waals surface area contributed by atoms with Gasteiger partial charge in [-0.15, -0.1) is 0 Å². The third-order valence-electron chi connectivity index (χ3n) is 6.31. The molecule has 162 valence electrons. The molecule has 0 unspecified atom stereocenters. The molecule has 0 bridgehead atoms. The highest BCUT2D eigenvalue weighted by Crippen LogP contribution is 2.32. The van der Waals surface area contributed by atoms with Crippen molar-refractivity contribution in [3.05, 3.63) is 51.4 Å². The predicted molar refractivity (Wildman–Crippen MR) is 127 cm³/mol. The molecular weight excluding hydrogens is 430 g/mol. The van der Waals surface area contributed by atoms with Gasteiger partial charge in [-0.3, -0.25) is 14.1 Å². The number of hydrogen-bond acceptors (Lipinski definition) is 6. The molecule has 0 amide bonds. The summed E-state index contributed by atoms with van der Waals surface area (Å²) in [6, 6.07) is 8.77. The highest BCUT2D eigenvalue weighted by Gasteiger charge is 2.22. The van der Waals surface area contributed by atoms with Crippen LogP contribution in [-0.2, 0) is 0 Å². The monoisotopic (exact) mass is 455 g/mol. The Kier molecular flexibility index (Phi) is 5.91. The number of rotatable bonds is 6. The predicted octanol–water partition coefficient (Wildman–Crippen LogP) is 5.76. The first kappa shape index (κ1) is 20.8. The molecule has 0 radical (unpaired) electrons. The minimum absolute atomic E-state index is 0.151. The van der Waals surface area contributed by atoms with Crippen LogP contribution in [0.5, 0.6) is 0 Å². The maximum Gasteiger partial charge on any atom is 0.271 e. The van der Waals surface area contributed by atoms with E-state index in [9.17, 15) is 4.79 Å². The summed E-state index contributed by atoms with van der Waals surface area (Å²) in [6.07, 6.45) is 9.81. The van der Waals surface area contributed by atoms with E-state index in [1.807, 2.05) is 0 Å². The van der Waals surface area contributed by atoms with E-state index in [1.54, 1.807) is 28.8 Å². The second-order valence-electron chi connectivity index (χ2n) is 8.53. The second kappa shape index (κ2) is 8.81. The lowest BCUT2D eigenvalue weighted by Gasteiger charge is -2.25. The lowest BCUT2D eigenvalue weighted by atomic mass is 9.94. The van der Waals surface area contributed by atoms with Crippen molar-refractivity contribution in [3.8, 4) is 0 Å². The molecule has 2 aromatic heterocycles. The lowest BCUT2D eigenvalue weighted by molar-refractivity contribution is 0.395. The van der Waals surface area contributed by atoms with Gasteiger partial charge in [0.25, 0.3) is 5.56 Å². The van der Waals surface area contributed by atoms with Crippen LogP contribution in [0.2, 0.25) is 5.02 Å². The van der Waals surface area contributed by atoms with Gasteiger partial charge in [0, 0.05) is 34.2 Å². The normalized spacial score (nSPS) is 17.2. The number of nitrogens with one attached hydrogen (secondary N) is 2. The molecule has 2 N–H and O–H groups in total. The standard InChI is InChI=1S/C23H26ClN5OS/c1-14-11-18(31-28-16-5-4-6-16)9-10-20(14)26-23-25-13-15-12-19(24)22(30)29(21(15)27-23)17-7-2-3-8-17/h9-13,16-17,28H,2-8H2,1H3,(H,25,26,27). The number of halogens is 1. The van der Waals surface area contributed by atoms with Gasteiger partial charge in [-0.2, -0.15) is 4.98 Å². The lowest BCUT2D eigenvalue weighted by Crippen LogP contribution is -2.29. The van der Waals surface area contributed by atoms with Gasteiger partial charge in [0.15, 0.2) is 0 Å². The van der Waals surface area contributed by atoms with Crippen LogP contribution in [0.1, 0.15) is 56.6 Å². The van der Waals surface area contributed by atoms with E-state index in [0.29, 0.717) is 17.6 Å². The molecule has 2 heterocycles. The molecule has 2 fully saturated rings. The number of hydrogen-bond donors (Lipinski definition) is 2. The van der Waals surface area contributed by atoms with Crippen LogP contribution in [0.25, 0.3) is 11.0 Å². The Balaban J connectivity index is 1.42. The quantitative estimate of drug-likeness (QED) is 0.460. The average molecular weight is 456 g/mol. The van der Waals surface area contributed by atoms with E-state index in [4.69, 9.17) is 16.6 Å². The SMILES string of the molecule is Cc1cc(SNC2CCC2)ccc1Nc1ncc2cc(Cl)c(=O)n(C3CCCC3)c2n1. The first-order valence-electron chi connectivity index (χ1n) is 11.0. The molecule has 0 aliphatic heterocycles. The number of aryl methyl sites for hydroxylation is 1. The molecule has 31 heavy (non-hydrogen) atoms. The van der Waals surface area contributed by atoms with Gasteiger partial charge in [0.05, 0.1) is 0 Å². The molecule has 2 aliphatic rings. The second-order valence-corrected chi connectivity index (χ2v) is 9.85. The minimum atomic E-state index is -0.165. The van der Waals surface area contributed by atoms with Crippen molar-refractivity contribution in [1.29, 1.82) is 0 Å². The summed E-state index contributed by atoms with van der Waals surface area (Å²) in [4.78, 5) is 23.2. The summed E-state index contributed by atoms with van der Waals surface area (Å²) in [5, 5.41) is 4.34. The molecular formula is C23H26ClN5OS. The number of fused-ring (bicyclic) bond motifs is 1. The summed E-state index contributed by atoms with van der Waals surface area (Å²) in [6.45, 7) is 2.07. The van der Waals surface area contributed by atoms with Gasteiger partial charge < -0.3 is 5.32 Å². The topological polar surface area (TPSA) is 71.8 Å². The van der Waals surface area contributed by atoms with Crippen molar-refractivity contribution < 1.29 is 0 Å². The average Bonchev–Trinajstić information content (AvgIpc) is 3.24. The van der Waals surface area contributed by atoms with Gasteiger partial charge in [0.1, 0.15) is 10.7 Å². The van der Waals surface area contributed by atoms with E-state index in [1.165, 1.54) is 24.2 Å². The van der Waals surface area contributed by atoms with Crippen LogP contribution >= 0.6 is 23.5 Å². The van der Waals surface area contributed by atoms with Gasteiger partial charge in [-0.1, -0.05) is 30.9 Å². The van der Waals surface area contributed by atoms with Crippen molar-refractivity contribution in [1.82, 2.24) is 19.3 Å². The highest BCUT2D eigenvalue weighted by atomic mass is 35.5. The smallest absolute Gasteiger partial charge is 0.271 e. The largest absolute Gasteiger partial charge is 0.324 e. The summed E-state index contributed by atoms with van der Waals surface area (Å²) >= 11 is 7.92. The fraction of sp³-hybridized carbons (Fsp3) is 0.435. The van der Waals surface area contributed by atoms with Crippen LogP contribution in [0.3, 0.4) is 0 Å². The van der Waals surface area contributed by atoms with Crippen LogP contribution in [0.4, 0.5) is 11.6 Å². The third-order valence-corrected chi connectivity index (χ3v) is 7.52. The fourth-order valence-electron chi connectivity index (χ4n) is 4.29. The summed E-state index contributed by atoms with van der Waals surface area (Å²) in [5.74, 6) is 0.483. The molecule has 0 atom stereocenters. The summed E-state index contributed by atoms with van der Waals surface area (Å²) in [5.41, 5.74) is 2.56. The van der Waals surface area contributed by atoms with E-state index in [0.717, 1.165) is 42.3 Å². The minimum Gasteiger partial charge on any atom is -0.324 e. The molecule has 2 saturated carbocycles. The maximum atomic E-state index is 12.8. The number of nitrogens with zero attached hydrogens (tertiary/aromatic N) is 3. The van der Waals surface area contributed by atoms with E-state index in [2.05, 4.69) is 40.1 Å². The number of benzene rings is 1. The van der Waals surface area contributed by atoms with Crippen molar-refractivity contribution in [2.24, 2.45) is 0 Å². The van der Waals surface area contributed by atoms with Crippen molar-refractivity contribution >= 4 is 46.2 Å². The third kappa shape index (κ3) is 4.31. The molecule has 5 rings (SSSR count). The van der Waals surface area contributed by atoms with E-state index in [-0.39, 0.29) is 16.6 Å². The van der Waals surface area contributed by atoms with Gasteiger partial charge >= 0.3 is 0 Å². The molecule has 0 saturated heterocycles. The molecule has 3 aromatic rings. The number of anilines is 2. The highest BCUT2D eigenvalue weighted by molar-refractivity contribution is 7.97. The van der Waals surface area contributed by atoms with Crippen LogP contribution in [-0.4, -0.2) is 20.6 Å². The number of aromatic nitrogens is 3. The molecule has 2 aliphatic carbocycles. The Morgan fingerprint density at radius 1 is 1.13 bits per heavy atom. The fourth-order valence-corrected chi connectivity index (χ4v) is 5.40. The number of pyridine rings is 1. The Labute approximate surface area is 190 Å². The molecule has 8 heteroatoms. The summed E-state index contributed by atoms with van der Waals surface area (Å²) in [7, 11) is 0. The zero-order valence-corrected chi connectivity index (χ0v) is 19.1. The van der Waals surface area contributed by atoms with Crippen molar-refractivity contribution in [3.63, 3.8) is 0 Å². The molecule has 6 nitrogen and oxygen atoms in total. The van der Waals surface area contributed by atoms with Gasteiger partial charge in [-0.25, -0.2) is 4.98 Å².